The first kappa shape index (κ1) is 18.2. The summed E-state index contributed by atoms with van der Waals surface area (Å²) in [6.45, 7) is 5.21. The molecule has 1 amide bonds. The molecule has 0 heterocycles. The van der Waals surface area contributed by atoms with E-state index in [0.717, 1.165) is 0 Å². The molecular weight excluding hydrogens is 268 g/mol. The molecule has 116 valence electrons. The van der Waals surface area contributed by atoms with E-state index in [9.17, 15) is 14.4 Å². The maximum atomic E-state index is 11.5. The number of ether oxygens (including phenoxy) is 1. The normalized spacial score (nSPS) is 12.6. The lowest BCUT2D eigenvalue weighted by Crippen LogP contribution is -2.43. The average molecular weight is 290 g/mol. The smallest absolute Gasteiger partial charge is 0.408 e. The minimum atomic E-state index is -1.16. The summed E-state index contributed by atoms with van der Waals surface area (Å²) >= 11 is 0. The summed E-state index contributed by atoms with van der Waals surface area (Å²) in [5, 5.41) is 22.3. The fourth-order valence-electron chi connectivity index (χ4n) is 1.33. The van der Waals surface area contributed by atoms with Crippen molar-refractivity contribution in [2.45, 2.75) is 45.3 Å². The van der Waals surface area contributed by atoms with Gasteiger partial charge in [-0.3, -0.25) is 4.79 Å². The molecule has 0 spiro atoms. The lowest BCUT2D eigenvalue weighted by molar-refractivity contribution is -0.140. The van der Waals surface area contributed by atoms with E-state index in [1.807, 2.05) is 0 Å². The lowest BCUT2D eigenvalue weighted by Gasteiger charge is -2.22. The van der Waals surface area contributed by atoms with E-state index in [-0.39, 0.29) is 13.0 Å². The molecule has 0 fully saturated rings. The molecule has 0 bridgehead atoms. The van der Waals surface area contributed by atoms with Crippen LogP contribution in [0, 0.1) is 0 Å². The third-order valence-corrected chi connectivity index (χ3v) is 2.11. The van der Waals surface area contributed by atoms with E-state index >= 15 is 0 Å². The zero-order chi connectivity index (χ0) is 15.8. The monoisotopic (exact) mass is 290 g/mol. The van der Waals surface area contributed by atoms with Gasteiger partial charge in [0.1, 0.15) is 11.6 Å². The molecular formula is C12H22N2O6. The largest absolute Gasteiger partial charge is 0.480 e. The van der Waals surface area contributed by atoms with Crippen molar-refractivity contribution in [2.24, 2.45) is 0 Å². The van der Waals surface area contributed by atoms with Crippen LogP contribution >= 0.6 is 0 Å². The van der Waals surface area contributed by atoms with Gasteiger partial charge in [0.25, 0.3) is 0 Å². The van der Waals surface area contributed by atoms with E-state index in [1.54, 1.807) is 20.8 Å². The number of hydrogen-bond acceptors (Lipinski definition) is 5. The van der Waals surface area contributed by atoms with Crippen LogP contribution in [0.4, 0.5) is 4.79 Å². The topological polar surface area (TPSA) is 125 Å². The molecule has 0 saturated carbocycles. The Hall–Kier alpha value is -1.83. The fraction of sp³-hybridized carbons (Fsp3) is 0.750. The van der Waals surface area contributed by atoms with Crippen LogP contribution in [0.1, 0.15) is 33.6 Å². The van der Waals surface area contributed by atoms with E-state index in [2.05, 4.69) is 10.6 Å². The lowest BCUT2D eigenvalue weighted by atomic mass is 10.1. The molecule has 20 heavy (non-hydrogen) atoms. The summed E-state index contributed by atoms with van der Waals surface area (Å²) in [7, 11) is 0. The summed E-state index contributed by atoms with van der Waals surface area (Å²) in [6.07, 6.45) is -0.190. The van der Waals surface area contributed by atoms with Gasteiger partial charge in [-0.05, 0) is 40.2 Å². The number of alkyl carbamates (subject to hydrolysis) is 1. The van der Waals surface area contributed by atoms with Crippen LogP contribution in [-0.4, -0.2) is 53.0 Å². The number of amides is 1. The van der Waals surface area contributed by atoms with Gasteiger partial charge in [-0.1, -0.05) is 0 Å². The Morgan fingerprint density at radius 3 is 2.25 bits per heavy atom. The summed E-state index contributed by atoms with van der Waals surface area (Å²) in [4.78, 5) is 32.7. The molecule has 0 aliphatic carbocycles. The molecule has 1 atom stereocenters. The van der Waals surface area contributed by atoms with Gasteiger partial charge in [0.15, 0.2) is 0 Å². The second kappa shape index (κ2) is 8.36. The van der Waals surface area contributed by atoms with Crippen LogP contribution in [0.25, 0.3) is 0 Å². The Bertz CT molecular complexity index is 350. The molecule has 0 aromatic carbocycles. The van der Waals surface area contributed by atoms with E-state index in [1.165, 1.54) is 0 Å². The minimum absolute atomic E-state index is 0.182. The number of carbonyl (C=O) groups is 3. The maximum absolute atomic E-state index is 11.5. The Balaban J connectivity index is 4.08. The molecule has 0 rings (SSSR count). The molecule has 8 nitrogen and oxygen atoms in total. The molecule has 0 radical (unpaired) electrons. The van der Waals surface area contributed by atoms with Crippen molar-refractivity contribution < 1.29 is 29.3 Å². The second-order valence-corrected chi connectivity index (χ2v) is 5.25. The molecule has 0 aliphatic heterocycles. The Kier molecular flexibility index (Phi) is 7.60. The molecule has 0 aromatic rings. The van der Waals surface area contributed by atoms with Gasteiger partial charge < -0.3 is 25.6 Å². The third-order valence-electron chi connectivity index (χ3n) is 2.11. The Labute approximate surface area is 117 Å². The van der Waals surface area contributed by atoms with Gasteiger partial charge in [0, 0.05) is 0 Å². The van der Waals surface area contributed by atoms with Crippen LogP contribution in [0.3, 0.4) is 0 Å². The van der Waals surface area contributed by atoms with Crippen LogP contribution < -0.4 is 10.6 Å². The van der Waals surface area contributed by atoms with Gasteiger partial charge >= 0.3 is 18.0 Å². The van der Waals surface area contributed by atoms with Gasteiger partial charge in [0.05, 0.1) is 6.54 Å². The number of rotatable bonds is 8. The van der Waals surface area contributed by atoms with Crippen molar-refractivity contribution >= 4 is 18.0 Å². The number of carboxylic acids is 2. The third kappa shape index (κ3) is 10.1. The quantitative estimate of drug-likeness (QED) is 0.477. The van der Waals surface area contributed by atoms with E-state index in [0.29, 0.717) is 13.0 Å². The molecule has 0 aromatic heterocycles. The van der Waals surface area contributed by atoms with Crippen molar-refractivity contribution in [2.75, 3.05) is 13.1 Å². The van der Waals surface area contributed by atoms with E-state index in [4.69, 9.17) is 14.9 Å². The predicted molar refractivity (Wildman–Crippen MR) is 70.5 cm³/mol. The summed E-state index contributed by atoms with van der Waals surface area (Å²) in [5.74, 6) is -2.14. The van der Waals surface area contributed by atoms with Crippen molar-refractivity contribution in [1.29, 1.82) is 0 Å². The van der Waals surface area contributed by atoms with Crippen molar-refractivity contribution in [3.05, 3.63) is 0 Å². The average Bonchev–Trinajstić information content (AvgIpc) is 2.23. The first-order valence-corrected chi connectivity index (χ1v) is 6.26. The highest BCUT2D eigenvalue weighted by Crippen LogP contribution is 2.07. The summed E-state index contributed by atoms with van der Waals surface area (Å²) in [5.41, 5.74) is -0.698. The summed E-state index contributed by atoms with van der Waals surface area (Å²) < 4.78 is 4.97. The standard InChI is InChI=1S/C12H22N2O6/c1-12(2,3)20-11(19)14-8(10(17)18)5-4-6-13-7-9(15)16/h8,13H,4-7H2,1-3H3,(H,14,19)(H,15,16)(H,17,18). The Morgan fingerprint density at radius 1 is 1.20 bits per heavy atom. The molecule has 0 aliphatic rings. The maximum Gasteiger partial charge on any atom is 0.408 e. The molecule has 0 saturated heterocycles. The highest BCUT2D eigenvalue weighted by Gasteiger charge is 2.23. The fourth-order valence-corrected chi connectivity index (χ4v) is 1.33. The minimum Gasteiger partial charge on any atom is -0.480 e. The second-order valence-electron chi connectivity index (χ2n) is 5.25. The van der Waals surface area contributed by atoms with Crippen molar-refractivity contribution in [3.8, 4) is 0 Å². The highest BCUT2D eigenvalue weighted by atomic mass is 16.6. The van der Waals surface area contributed by atoms with E-state index < -0.39 is 29.7 Å². The van der Waals surface area contributed by atoms with Gasteiger partial charge in [-0.2, -0.15) is 0 Å². The summed E-state index contributed by atoms with van der Waals surface area (Å²) in [6, 6.07) is -1.06. The first-order valence-electron chi connectivity index (χ1n) is 6.26. The van der Waals surface area contributed by atoms with Gasteiger partial charge in [0.2, 0.25) is 0 Å². The number of aliphatic carboxylic acids is 2. The van der Waals surface area contributed by atoms with Crippen LogP contribution in [-0.2, 0) is 14.3 Å². The number of carboxylic acid groups (broad SMARTS) is 2. The SMILES string of the molecule is CC(C)(C)OC(=O)NC(CCCNCC(=O)O)C(=O)O. The van der Waals surface area contributed by atoms with Crippen molar-refractivity contribution in [1.82, 2.24) is 10.6 Å². The molecule has 4 N–H and O–H groups in total. The van der Waals surface area contributed by atoms with Crippen LogP contribution in [0.15, 0.2) is 0 Å². The number of carbonyl (C=O) groups excluding carboxylic acids is 1. The highest BCUT2D eigenvalue weighted by molar-refractivity contribution is 5.79. The number of nitrogens with one attached hydrogen (secondary N) is 2. The first-order chi connectivity index (χ1) is 9.11. The predicted octanol–water partition coefficient (Wildman–Crippen LogP) is 0.419. The number of hydrogen-bond donors (Lipinski definition) is 4. The van der Waals surface area contributed by atoms with Crippen LogP contribution in [0.5, 0.6) is 0 Å². The van der Waals surface area contributed by atoms with Gasteiger partial charge in [-0.25, -0.2) is 9.59 Å². The van der Waals surface area contributed by atoms with Crippen LogP contribution in [0.2, 0.25) is 0 Å². The zero-order valence-corrected chi connectivity index (χ0v) is 11.9. The van der Waals surface area contributed by atoms with Crippen molar-refractivity contribution in [3.63, 3.8) is 0 Å². The molecule has 8 heteroatoms. The molecule has 1 unspecified atom stereocenters. The zero-order valence-electron chi connectivity index (χ0n) is 11.9. The Morgan fingerprint density at radius 2 is 1.80 bits per heavy atom. The van der Waals surface area contributed by atoms with Gasteiger partial charge in [-0.15, -0.1) is 0 Å².